The summed E-state index contributed by atoms with van der Waals surface area (Å²) in [6.07, 6.45) is 0. The van der Waals surface area contributed by atoms with Crippen molar-refractivity contribution in [3.63, 3.8) is 0 Å². The minimum absolute atomic E-state index is 0. The minimum atomic E-state index is -4.45. The molecule has 0 aliphatic heterocycles. The van der Waals surface area contributed by atoms with Crippen LogP contribution in [0.4, 0.5) is 17.1 Å². The molecule has 40 heavy (non-hydrogen) atoms. The van der Waals surface area contributed by atoms with Crippen LogP contribution >= 0.6 is 34.8 Å². The molecule has 0 saturated heterocycles. The van der Waals surface area contributed by atoms with E-state index in [1.807, 2.05) is 0 Å². The maximum atomic E-state index is 10.6. The largest absolute Gasteiger partial charge is 3.00 e. The van der Waals surface area contributed by atoms with Gasteiger partial charge in [0, 0.05) is 0 Å². The number of hydrogen-bond donors (Lipinski definition) is 3. The van der Waals surface area contributed by atoms with Crippen LogP contribution in [0.5, 0.6) is 0 Å². The average molecular weight is 721 g/mol. The van der Waals surface area contributed by atoms with E-state index in [4.69, 9.17) is 52.0 Å². The van der Waals surface area contributed by atoms with Gasteiger partial charge in [-0.05, 0) is 73.9 Å². The first kappa shape index (κ1) is 38.2. The van der Waals surface area contributed by atoms with E-state index < -0.39 is 30.4 Å². The van der Waals surface area contributed by atoms with Gasteiger partial charge in [-0.1, -0.05) is 34.8 Å². The van der Waals surface area contributed by atoms with Crippen molar-refractivity contribution >= 4 is 82.2 Å². The maximum Gasteiger partial charge on any atom is 3.00 e. The van der Waals surface area contributed by atoms with E-state index in [1.165, 1.54) is 18.2 Å². The van der Waals surface area contributed by atoms with Crippen molar-refractivity contribution in [2.45, 2.75) is 35.5 Å². The van der Waals surface area contributed by atoms with Gasteiger partial charge in [-0.15, -0.1) is 0 Å². The Kier molecular flexibility index (Phi) is 13.7. The fourth-order valence-electron chi connectivity index (χ4n) is 2.72. The molecule has 0 fully saturated rings. The van der Waals surface area contributed by atoms with Gasteiger partial charge >= 0.3 is 16.5 Å². The molecule has 0 bridgehead atoms. The molecule has 3 aromatic carbocycles. The van der Waals surface area contributed by atoms with Gasteiger partial charge in [0.2, 0.25) is 0 Å². The summed E-state index contributed by atoms with van der Waals surface area (Å²) >= 11 is 17.0. The molecular weight excluding hydrogens is 699 g/mol. The molecule has 0 aliphatic rings. The molecule has 0 unspecified atom stereocenters. The Labute approximate surface area is 257 Å². The predicted octanol–water partition coefficient (Wildman–Crippen LogP) is 3.40. The Morgan fingerprint density at radius 2 is 0.675 bits per heavy atom. The zero-order chi connectivity index (χ0) is 30.7. The van der Waals surface area contributed by atoms with E-state index in [0.29, 0.717) is 16.7 Å². The SMILES string of the molecule is Cc1cc(S(=O)(=O)[O-])cc(N)c1Cl.Cc1cc(S(=O)(=O)[O-])cc(N)c1Cl.Cc1cc(S(=O)(=O)[O-])cc(N)c1Cl.[Ni+3]. The molecule has 3 rings (SSSR count). The molecule has 0 heterocycles. The molecule has 0 aliphatic carbocycles. The molecule has 6 N–H and O–H groups in total. The van der Waals surface area contributed by atoms with Crippen LogP contribution in [0.15, 0.2) is 51.1 Å². The topological polar surface area (TPSA) is 250 Å². The molecule has 223 valence electrons. The van der Waals surface area contributed by atoms with Gasteiger partial charge in [0.25, 0.3) is 0 Å². The van der Waals surface area contributed by atoms with Crippen LogP contribution in [0.3, 0.4) is 0 Å². The van der Waals surface area contributed by atoms with Crippen molar-refractivity contribution in [2.75, 3.05) is 17.2 Å². The smallest absolute Gasteiger partial charge is 0.744 e. The first-order chi connectivity index (χ1) is 17.5. The fraction of sp³-hybridized carbons (Fsp3) is 0.143. The van der Waals surface area contributed by atoms with Crippen molar-refractivity contribution < 1.29 is 55.4 Å². The monoisotopic (exact) mass is 718 g/mol. The maximum absolute atomic E-state index is 10.6. The van der Waals surface area contributed by atoms with Crippen molar-refractivity contribution in [3.05, 3.63) is 68.2 Å². The zero-order valence-electron chi connectivity index (χ0n) is 20.5. The first-order valence-electron chi connectivity index (χ1n) is 10.0. The van der Waals surface area contributed by atoms with E-state index in [2.05, 4.69) is 0 Å². The number of nitrogens with two attached hydrogens (primary N) is 3. The Bertz CT molecular complexity index is 1460. The van der Waals surface area contributed by atoms with E-state index in [-0.39, 0.29) is 63.3 Å². The zero-order valence-corrected chi connectivity index (χ0v) is 26.3. The van der Waals surface area contributed by atoms with Gasteiger partial charge in [0.05, 0.1) is 46.8 Å². The Hall–Kier alpha value is -1.85. The second-order valence-electron chi connectivity index (χ2n) is 7.79. The standard InChI is InChI=1S/3C7H8ClNO3S.Ni/c3*1-4-2-5(13(10,11)12)3-6(9)7(4)8;/h3*2-3H,9H2,1H3,(H,10,11,12);/q;;;+3/p-3. The van der Waals surface area contributed by atoms with E-state index in [9.17, 15) is 38.9 Å². The Morgan fingerprint density at radius 3 is 0.800 bits per heavy atom. The van der Waals surface area contributed by atoms with E-state index in [1.54, 1.807) is 20.8 Å². The molecule has 12 nitrogen and oxygen atoms in total. The van der Waals surface area contributed by atoms with Crippen LogP contribution in [0, 0.1) is 20.8 Å². The normalized spacial score (nSPS) is 11.3. The van der Waals surface area contributed by atoms with Gasteiger partial charge in [0.15, 0.2) is 0 Å². The third-order valence-corrected chi connectivity index (χ3v) is 8.62. The summed E-state index contributed by atoms with van der Waals surface area (Å²) in [7, 11) is -13.4. The van der Waals surface area contributed by atoms with Crippen molar-refractivity contribution in [3.8, 4) is 0 Å². The van der Waals surface area contributed by atoms with Crippen LogP contribution in [0.25, 0.3) is 0 Å². The first-order valence-corrected chi connectivity index (χ1v) is 15.4. The number of anilines is 3. The van der Waals surface area contributed by atoms with Crippen LogP contribution in [0.2, 0.25) is 15.1 Å². The molecule has 0 aromatic heterocycles. The van der Waals surface area contributed by atoms with Crippen molar-refractivity contribution in [2.24, 2.45) is 0 Å². The fourth-order valence-corrected chi connectivity index (χ4v) is 4.83. The number of benzene rings is 3. The molecule has 0 atom stereocenters. The van der Waals surface area contributed by atoms with E-state index >= 15 is 0 Å². The molecule has 1 radical (unpaired) electrons. The average Bonchev–Trinajstić information content (AvgIpc) is 2.77. The molecule has 19 heteroatoms. The van der Waals surface area contributed by atoms with Crippen LogP contribution < -0.4 is 17.2 Å². The Morgan fingerprint density at radius 1 is 0.500 bits per heavy atom. The molecule has 3 aromatic rings. The second kappa shape index (κ2) is 14.4. The van der Waals surface area contributed by atoms with Crippen LogP contribution in [-0.2, 0) is 46.8 Å². The third kappa shape index (κ3) is 10.9. The van der Waals surface area contributed by atoms with Gasteiger partial charge in [-0.3, -0.25) is 0 Å². The molecule has 0 saturated carbocycles. The number of hydrogen-bond acceptors (Lipinski definition) is 12. The summed E-state index contributed by atoms with van der Waals surface area (Å²) in [5, 5.41) is 0.812. The third-order valence-electron chi connectivity index (χ3n) is 4.63. The van der Waals surface area contributed by atoms with Crippen molar-refractivity contribution in [1.29, 1.82) is 0 Å². The summed E-state index contributed by atoms with van der Waals surface area (Å²) in [5.41, 5.74) is 17.8. The Balaban J connectivity index is 0.000000563. The quantitative estimate of drug-likeness (QED) is 0.200. The predicted molar refractivity (Wildman–Crippen MR) is 146 cm³/mol. The van der Waals surface area contributed by atoms with Crippen LogP contribution in [-0.4, -0.2) is 38.9 Å². The van der Waals surface area contributed by atoms with Gasteiger partial charge in [-0.2, -0.15) is 0 Å². The van der Waals surface area contributed by atoms with Crippen molar-refractivity contribution in [1.82, 2.24) is 0 Å². The number of rotatable bonds is 3. The summed E-state index contributed by atoms with van der Waals surface area (Å²) in [5.74, 6) is 0. The summed E-state index contributed by atoms with van der Waals surface area (Å²) < 4.78 is 95.3. The van der Waals surface area contributed by atoms with Gasteiger partial charge in [0.1, 0.15) is 30.4 Å². The van der Waals surface area contributed by atoms with Gasteiger partial charge < -0.3 is 30.9 Å². The molecule has 0 spiro atoms. The summed E-state index contributed by atoms with van der Waals surface area (Å²) in [6, 6.07) is 6.75. The van der Waals surface area contributed by atoms with E-state index in [0.717, 1.165) is 18.2 Å². The molecule has 0 amide bonds. The number of nitrogen functional groups attached to an aromatic ring is 3. The minimum Gasteiger partial charge on any atom is -0.744 e. The number of aryl methyl sites for hydroxylation is 3. The molecular formula is C21H21Cl3N3NiO9S3. The summed E-state index contributed by atoms with van der Waals surface area (Å²) in [4.78, 5) is -1.06. The second-order valence-corrected chi connectivity index (χ2v) is 13.1. The number of halogens is 3. The summed E-state index contributed by atoms with van der Waals surface area (Å²) in [6.45, 7) is 4.73. The van der Waals surface area contributed by atoms with Crippen LogP contribution in [0.1, 0.15) is 16.7 Å². The van der Waals surface area contributed by atoms with Gasteiger partial charge in [-0.25, -0.2) is 25.3 Å².